The van der Waals surface area contributed by atoms with Crippen LogP contribution in [0.4, 0.5) is 0 Å². The summed E-state index contributed by atoms with van der Waals surface area (Å²) in [6.45, 7) is 0. The molecule has 0 aliphatic rings. The molecule has 0 saturated heterocycles. The Morgan fingerprint density at radius 2 is 2.06 bits per heavy atom. The lowest BCUT2D eigenvalue weighted by atomic mass is 10.0. The topological polar surface area (TPSA) is 66.9 Å². The smallest absolute Gasteiger partial charge is 0.242 e. The van der Waals surface area contributed by atoms with Crippen molar-refractivity contribution < 1.29 is 4.79 Å². The van der Waals surface area contributed by atoms with E-state index in [0.29, 0.717) is 12.0 Å². The van der Waals surface area contributed by atoms with Gasteiger partial charge in [0, 0.05) is 11.6 Å². The van der Waals surface area contributed by atoms with Crippen LogP contribution in [-0.4, -0.2) is 5.91 Å². The molecule has 1 aromatic rings. The summed E-state index contributed by atoms with van der Waals surface area (Å²) >= 11 is 0. The van der Waals surface area contributed by atoms with Crippen molar-refractivity contribution in [2.24, 2.45) is 5.73 Å². The van der Waals surface area contributed by atoms with E-state index in [2.05, 4.69) is 0 Å². The van der Waals surface area contributed by atoms with Crippen LogP contribution in [0.1, 0.15) is 18.4 Å². The zero-order valence-corrected chi connectivity index (χ0v) is 9.02. The Kier molecular flexibility index (Phi) is 4.81. The first-order valence-corrected chi connectivity index (χ1v) is 5.16. The average Bonchev–Trinajstić information content (AvgIpc) is 2.28. The Labute approximate surface area is 95.2 Å². The average molecular weight is 214 g/mol. The number of primary amides is 1. The van der Waals surface area contributed by atoms with Gasteiger partial charge in [0.2, 0.25) is 5.91 Å². The zero-order chi connectivity index (χ0) is 11.8. The van der Waals surface area contributed by atoms with Crippen LogP contribution in [0, 0.1) is 11.3 Å². The van der Waals surface area contributed by atoms with Gasteiger partial charge in [0.15, 0.2) is 0 Å². The molecule has 0 atom stereocenters. The molecule has 0 aliphatic heterocycles. The molecule has 0 spiro atoms. The largest absolute Gasteiger partial charge is 0.366 e. The van der Waals surface area contributed by atoms with Gasteiger partial charge in [0.05, 0.1) is 6.07 Å². The van der Waals surface area contributed by atoms with Crippen LogP contribution >= 0.6 is 0 Å². The second kappa shape index (κ2) is 6.41. The number of carbonyl (C=O) groups is 1. The van der Waals surface area contributed by atoms with E-state index in [0.717, 1.165) is 12.8 Å². The summed E-state index contributed by atoms with van der Waals surface area (Å²) in [5, 5.41) is 8.75. The van der Waals surface area contributed by atoms with Crippen molar-refractivity contribution in [1.82, 2.24) is 0 Å². The molecule has 0 bridgehead atoms. The lowest BCUT2D eigenvalue weighted by Crippen LogP contribution is -2.07. The van der Waals surface area contributed by atoms with E-state index in [1.54, 1.807) is 0 Å². The quantitative estimate of drug-likeness (QED) is 0.601. The minimum absolute atomic E-state index is 0.448. The van der Waals surface area contributed by atoms with Crippen molar-refractivity contribution in [3.05, 3.63) is 47.5 Å². The Balaban J connectivity index is 2.41. The Morgan fingerprint density at radius 1 is 1.38 bits per heavy atom. The van der Waals surface area contributed by atoms with E-state index in [4.69, 9.17) is 11.0 Å². The predicted octanol–water partition coefficient (Wildman–Crippen LogP) is 1.94. The number of hydrogen-bond donors (Lipinski definition) is 1. The fourth-order valence-corrected chi connectivity index (χ4v) is 1.46. The second-order valence-corrected chi connectivity index (χ2v) is 3.52. The fraction of sp³-hybridized carbons (Fsp3) is 0.231. The van der Waals surface area contributed by atoms with Crippen LogP contribution < -0.4 is 5.73 Å². The highest BCUT2D eigenvalue weighted by Crippen LogP contribution is 2.09. The number of nitriles is 1. The van der Waals surface area contributed by atoms with Crippen LogP contribution in [0.15, 0.2) is 42.0 Å². The summed E-state index contributed by atoms with van der Waals surface area (Å²) in [6, 6.07) is 12.0. The number of amides is 1. The van der Waals surface area contributed by atoms with Gasteiger partial charge >= 0.3 is 0 Å². The van der Waals surface area contributed by atoms with Gasteiger partial charge in [-0.25, -0.2) is 0 Å². The summed E-state index contributed by atoms with van der Waals surface area (Å²) in [5.41, 5.74) is 6.67. The molecule has 3 heteroatoms. The zero-order valence-electron chi connectivity index (χ0n) is 9.02. The molecular weight excluding hydrogens is 200 g/mol. The van der Waals surface area contributed by atoms with Crippen LogP contribution in [-0.2, 0) is 11.2 Å². The molecule has 0 unspecified atom stereocenters. The van der Waals surface area contributed by atoms with Gasteiger partial charge in [-0.15, -0.1) is 0 Å². The first kappa shape index (κ1) is 12.0. The second-order valence-electron chi connectivity index (χ2n) is 3.52. The number of nitrogens with two attached hydrogens (primary N) is 1. The summed E-state index contributed by atoms with van der Waals surface area (Å²) < 4.78 is 0. The molecule has 2 N–H and O–H groups in total. The number of aryl methyl sites for hydroxylation is 1. The van der Waals surface area contributed by atoms with Crippen molar-refractivity contribution in [2.75, 3.05) is 0 Å². The van der Waals surface area contributed by atoms with Crippen molar-refractivity contribution in [3.63, 3.8) is 0 Å². The van der Waals surface area contributed by atoms with Gasteiger partial charge in [-0.05, 0) is 24.8 Å². The Bertz CT molecular complexity index is 415. The van der Waals surface area contributed by atoms with Gasteiger partial charge in [-0.3, -0.25) is 4.79 Å². The van der Waals surface area contributed by atoms with Crippen molar-refractivity contribution in [2.45, 2.75) is 19.3 Å². The van der Waals surface area contributed by atoms with Gasteiger partial charge < -0.3 is 5.73 Å². The maximum absolute atomic E-state index is 10.6. The minimum Gasteiger partial charge on any atom is -0.366 e. The molecule has 1 amide bonds. The monoisotopic (exact) mass is 214 g/mol. The van der Waals surface area contributed by atoms with Crippen LogP contribution in [0.3, 0.4) is 0 Å². The van der Waals surface area contributed by atoms with Crippen molar-refractivity contribution >= 4 is 5.91 Å². The van der Waals surface area contributed by atoms with E-state index in [1.165, 1.54) is 11.6 Å². The first-order valence-electron chi connectivity index (χ1n) is 5.16. The SMILES string of the molecule is N#CC(=CC(N)=O)CCCc1ccccc1. The Morgan fingerprint density at radius 3 is 2.62 bits per heavy atom. The number of rotatable bonds is 5. The van der Waals surface area contributed by atoms with Crippen LogP contribution in [0.2, 0.25) is 0 Å². The molecule has 0 aromatic heterocycles. The summed E-state index contributed by atoms with van der Waals surface area (Å²) in [4.78, 5) is 10.6. The van der Waals surface area contributed by atoms with Crippen LogP contribution in [0.25, 0.3) is 0 Å². The van der Waals surface area contributed by atoms with E-state index in [-0.39, 0.29) is 0 Å². The Hall–Kier alpha value is -2.08. The fourth-order valence-electron chi connectivity index (χ4n) is 1.46. The number of nitrogens with zero attached hydrogens (tertiary/aromatic N) is 1. The van der Waals surface area contributed by atoms with Gasteiger partial charge in [-0.2, -0.15) is 5.26 Å². The van der Waals surface area contributed by atoms with Crippen LogP contribution in [0.5, 0.6) is 0 Å². The molecule has 1 aromatic carbocycles. The van der Waals surface area contributed by atoms with E-state index < -0.39 is 5.91 Å². The number of benzene rings is 1. The molecule has 82 valence electrons. The first-order chi connectivity index (χ1) is 7.72. The summed E-state index contributed by atoms with van der Waals surface area (Å²) in [7, 11) is 0. The third-order valence-electron chi connectivity index (χ3n) is 2.21. The molecule has 0 aliphatic carbocycles. The molecule has 3 nitrogen and oxygen atoms in total. The molecule has 0 fully saturated rings. The third kappa shape index (κ3) is 4.43. The molecule has 1 rings (SSSR count). The normalized spacial score (nSPS) is 10.8. The highest BCUT2D eigenvalue weighted by molar-refractivity contribution is 5.87. The lowest BCUT2D eigenvalue weighted by Gasteiger charge is -2.00. The van der Waals surface area contributed by atoms with Crippen molar-refractivity contribution in [3.8, 4) is 6.07 Å². The van der Waals surface area contributed by atoms with Gasteiger partial charge in [0.25, 0.3) is 0 Å². The molecular formula is C13H14N2O. The maximum Gasteiger partial charge on any atom is 0.242 e. The van der Waals surface area contributed by atoms with E-state index in [9.17, 15) is 4.79 Å². The van der Waals surface area contributed by atoms with Gasteiger partial charge in [0.1, 0.15) is 0 Å². The molecule has 0 saturated carbocycles. The van der Waals surface area contributed by atoms with Gasteiger partial charge in [-0.1, -0.05) is 30.3 Å². The molecule has 16 heavy (non-hydrogen) atoms. The predicted molar refractivity (Wildman–Crippen MR) is 62.3 cm³/mol. The van der Waals surface area contributed by atoms with E-state index in [1.807, 2.05) is 36.4 Å². The number of allylic oxidation sites excluding steroid dienone is 1. The number of carbonyl (C=O) groups excluding carboxylic acids is 1. The molecule has 0 heterocycles. The van der Waals surface area contributed by atoms with E-state index >= 15 is 0 Å². The third-order valence-corrected chi connectivity index (χ3v) is 2.21. The molecule has 0 radical (unpaired) electrons. The minimum atomic E-state index is -0.559. The highest BCUT2D eigenvalue weighted by Gasteiger charge is 1.99. The maximum atomic E-state index is 10.6. The summed E-state index contributed by atoms with van der Waals surface area (Å²) in [6.07, 6.45) is 3.54. The standard InChI is InChI=1S/C13H14N2O/c14-10-12(9-13(15)16)8-4-7-11-5-2-1-3-6-11/h1-3,5-6,9H,4,7-8H2,(H2,15,16). The lowest BCUT2D eigenvalue weighted by molar-refractivity contribution is -0.113. The summed E-state index contributed by atoms with van der Waals surface area (Å²) in [5.74, 6) is -0.559. The highest BCUT2D eigenvalue weighted by atomic mass is 16.1. The number of hydrogen-bond acceptors (Lipinski definition) is 2. The van der Waals surface area contributed by atoms with Crippen molar-refractivity contribution in [1.29, 1.82) is 5.26 Å².